The van der Waals surface area contributed by atoms with Gasteiger partial charge in [-0.05, 0) is 19.1 Å². The van der Waals surface area contributed by atoms with Crippen molar-refractivity contribution in [3.63, 3.8) is 0 Å². The molecule has 1 heterocycles. The Morgan fingerprint density at radius 1 is 1.32 bits per heavy atom. The maximum absolute atomic E-state index is 14.8. The Morgan fingerprint density at radius 2 is 2.04 bits per heavy atom. The predicted octanol–water partition coefficient (Wildman–Crippen LogP) is 4.37. The lowest BCUT2D eigenvalue weighted by Gasteiger charge is -2.28. The van der Waals surface area contributed by atoms with Crippen LogP contribution in [0.1, 0.15) is 24.0 Å². The van der Waals surface area contributed by atoms with E-state index in [1.165, 1.54) is 12.1 Å². The van der Waals surface area contributed by atoms with E-state index in [2.05, 4.69) is 22.0 Å². The summed E-state index contributed by atoms with van der Waals surface area (Å²) in [7, 11) is 0. The Kier molecular flexibility index (Phi) is 5.81. The highest BCUT2D eigenvalue weighted by molar-refractivity contribution is 9.10. The third kappa shape index (κ3) is 3.64. The number of nitriles is 1. The molecule has 2 aromatic rings. The Bertz CT molecular complexity index is 1030. The molecule has 0 aromatic heterocycles. The first-order valence-electron chi connectivity index (χ1n) is 8.47. The number of ether oxygens (including phenoxy) is 2. The lowest BCUT2D eigenvalue weighted by molar-refractivity contribution is -0.139. The first-order valence-corrected chi connectivity index (χ1v) is 9.26. The zero-order valence-electron chi connectivity index (χ0n) is 14.9. The van der Waals surface area contributed by atoms with Gasteiger partial charge in [-0.25, -0.2) is 9.18 Å². The minimum absolute atomic E-state index is 0.0738. The highest BCUT2D eigenvalue weighted by Gasteiger charge is 2.39. The molecule has 0 saturated carbocycles. The lowest BCUT2D eigenvalue weighted by atomic mass is 9.82. The molecule has 1 aliphatic heterocycles. The molecule has 0 radical (unpaired) electrons. The van der Waals surface area contributed by atoms with Crippen molar-refractivity contribution in [2.45, 2.75) is 12.8 Å². The minimum Gasteiger partial charge on any atom is -0.462 e. The van der Waals surface area contributed by atoms with Crippen molar-refractivity contribution in [1.82, 2.24) is 0 Å². The molecule has 0 unspecified atom stereocenters. The van der Waals surface area contributed by atoms with Crippen LogP contribution in [0.25, 0.3) is 5.76 Å². The van der Waals surface area contributed by atoms with Gasteiger partial charge in [-0.3, -0.25) is 0 Å². The highest BCUT2D eigenvalue weighted by atomic mass is 79.9. The van der Waals surface area contributed by atoms with Crippen molar-refractivity contribution in [1.29, 1.82) is 5.26 Å². The van der Waals surface area contributed by atoms with Gasteiger partial charge >= 0.3 is 5.97 Å². The molecule has 0 bridgehead atoms. The summed E-state index contributed by atoms with van der Waals surface area (Å²) in [5, 5.41) is 9.88. The number of esters is 1. The van der Waals surface area contributed by atoms with Crippen molar-refractivity contribution >= 4 is 27.7 Å². The number of hydrogen-bond acceptors (Lipinski definition) is 5. The summed E-state index contributed by atoms with van der Waals surface area (Å²) in [5.74, 6) is -2.44. The van der Waals surface area contributed by atoms with E-state index in [1.807, 2.05) is 6.07 Å². The molecule has 2 N–H and O–H groups in total. The van der Waals surface area contributed by atoms with E-state index in [0.29, 0.717) is 10.0 Å². The van der Waals surface area contributed by atoms with Gasteiger partial charge in [0.1, 0.15) is 11.4 Å². The number of halogens is 2. The van der Waals surface area contributed by atoms with Crippen LogP contribution in [0.4, 0.5) is 4.39 Å². The Morgan fingerprint density at radius 3 is 2.64 bits per heavy atom. The highest BCUT2D eigenvalue weighted by Crippen LogP contribution is 2.43. The Balaban J connectivity index is 2.27. The summed E-state index contributed by atoms with van der Waals surface area (Å²) in [6.45, 7) is 1.74. The fourth-order valence-electron chi connectivity index (χ4n) is 3.03. The van der Waals surface area contributed by atoms with Crippen molar-refractivity contribution in [2.24, 2.45) is 5.73 Å². The van der Waals surface area contributed by atoms with Crippen LogP contribution in [0, 0.1) is 17.1 Å². The maximum Gasteiger partial charge on any atom is 0.340 e. The number of carbonyl (C=O) groups excluding carboxylic acids is 1. The molecule has 5 nitrogen and oxygen atoms in total. The van der Waals surface area contributed by atoms with Gasteiger partial charge in [-0.1, -0.05) is 52.3 Å². The number of carbonyl (C=O) groups is 1. The van der Waals surface area contributed by atoms with E-state index in [0.717, 1.165) is 0 Å². The molecule has 0 spiro atoms. The molecule has 1 aliphatic rings. The van der Waals surface area contributed by atoms with Crippen LogP contribution in [-0.2, 0) is 14.3 Å². The third-order valence-corrected chi connectivity index (χ3v) is 4.72. The van der Waals surface area contributed by atoms with Crippen molar-refractivity contribution in [3.8, 4) is 6.07 Å². The molecular formula is C21H16BrFN2O3. The third-order valence-electron chi connectivity index (χ3n) is 4.22. The van der Waals surface area contributed by atoms with Crippen molar-refractivity contribution in [3.05, 3.63) is 87.0 Å². The SMILES string of the molecule is CCOC(=O)C1=C(N)OC(c2ccccc2)=C(C#N)[C@@H]1c1ccc(Br)cc1F. The molecular weight excluding hydrogens is 427 g/mol. The largest absolute Gasteiger partial charge is 0.462 e. The summed E-state index contributed by atoms with van der Waals surface area (Å²) in [6.07, 6.45) is 0. The quantitative estimate of drug-likeness (QED) is 0.710. The number of nitrogens with zero attached hydrogens (tertiary/aromatic N) is 1. The summed E-state index contributed by atoms with van der Waals surface area (Å²) in [5.41, 5.74) is 6.74. The molecule has 142 valence electrons. The van der Waals surface area contributed by atoms with Gasteiger partial charge in [0, 0.05) is 15.6 Å². The van der Waals surface area contributed by atoms with Crippen LogP contribution in [0.15, 0.2) is 70.0 Å². The van der Waals surface area contributed by atoms with Gasteiger partial charge in [0.2, 0.25) is 5.88 Å². The Hall–Kier alpha value is -3.11. The van der Waals surface area contributed by atoms with Crippen LogP contribution < -0.4 is 5.73 Å². The van der Waals surface area contributed by atoms with Gasteiger partial charge in [0.25, 0.3) is 0 Å². The standard InChI is InChI=1S/C21H16BrFN2O3/c1-2-27-21(26)18-17(14-9-8-13(22)10-16(14)23)15(11-24)19(28-20(18)25)12-6-4-3-5-7-12/h3-10,17H,2,25H2,1H3/t17-/m0/s1. The van der Waals surface area contributed by atoms with Gasteiger partial charge in [0.15, 0.2) is 5.76 Å². The van der Waals surface area contributed by atoms with Crippen LogP contribution in [0.5, 0.6) is 0 Å². The first-order chi connectivity index (χ1) is 13.5. The second-order valence-electron chi connectivity index (χ2n) is 5.92. The average Bonchev–Trinajstić information content (AvgIpc) is 2.68. The average molecular weight is 443 g/mol. The van der Waals surface area contributed by atoms with Gasteiger partial charge in [-0.15, -0.1) is 0 Å². The Labute approximate surface area is 170 Å². The predicted molar refractivity (Wildman–Crippen MR) is 105 cm³/mol. The molecule has 2 aromatic carbocycles. The van der Waals surface area contributed by atoms with Crippen LogP contribution in [0.2, 0.25) is 0 Å². The summed E-state index contributed by atoms with van der Waals surface area (Å²) < 4.78 is 26.1. The van der Waals surface area contributed by atoms with E-state index in [4.69, 9.17) is 15.2 Å². The fourth-order valence-corrected chi connectivity index (χ4v) is 3.36. The number of hydrogen-bond donors (Lipinski definition) is 1. The molecule has 1 atom stereocenters. The normalized spacial score (nSPS) is 16.4. The molecule has 28 heavy (non-hydrogen) atoms. The molecule has 7 heteroatoms. The van der Waals surface area contributed by atoms with Gasteiger partial charge in [0.05, 0.1) is 24.2 Å². The van der Waals surface area contributed by atoms with E-state index >= 15 is 0 Å². The van der Waals surface area contributed by atoms with Crippen LogP contribution in [-0.4, -0.2) is 12.6 Å². The van der Waals surface area contributed by atoms with Crippen molar-refractivity contribution in [2.75, 3.05) is 6.61 Å². The number of benzene rings is 2. The second kappa shape index (κ2) is 8.28. The minimum atomic E-state index is -1.05. The lowest BCUT2D eigenvalue weighted by Crippen LogP contribution is -2.27. The van der Waals surface area contributed by atoms with Gasteiger partial charge in [-0.2, -0.15) is 5.26 Å². The van der Waals surface area contributed by atoms with E-state index in [9.17, 15) is 14.4 Å². The zero-order valence-corrected chi connectivity index (χ0v) is 16.5. The number of allylic oxidation sites excluding steroid dienone is 1. The van der Waals surface area contributed by atoms with Crippen LogP contribution >= 0.6 is 15.9 Å². The van der Waals surface area contributed by atoms with E-state index in [-0.39, 0.29) is 35.0 Å². The van der Waals surface area contributed by atoms with E-state index < -0.39 is 17.7 Å². The number of nitrogens with two attached hydrogens (primary N) is 1. The summed E-state index contributed by atoms with van der Waals surface area (Å²) >= 11 is 3.21. The smallest absolute Gasteiger partial charge is 0.340 e. The maximum atomic E-state index is 14.8. The topological polar surface area (TPSA) is 85.3 Å². The number of rotatable bonds is 4. The molecule has 0 fully saturated rings. The van der Waals surface area contributed by atoms with Crippen LogP contribution in [0.3, 0.4) is 0 Å². The summed E-state index contributed by atoms with van der Waals surface area (Å²) in [6, 6.07) is 15.3. The van der Waals surface area contributed by atoms with E-state index in [1.54, 1.807) is 37.3 Å². The molecule has 0 amide bonds. The van der Waals surface area contributed by atoms with Crippen molar-refractivity contribution < 1.29 is 18.7 Å². The first kappa shape index (κ1) is 19.6. The molecule has 3 rings (SSSR count). The molecule has 0 aliphatic carbocycles. The molecule has 0 saturated heterocycles. The van der Waals surface area contributed by atoms with Gasteiger partial charge < -0.3 is 15.2 Å². The second-order valence-corrected chi connectivity index (χ2v) is 6.84. The summed E-state index contributed by atoms with van der Waals surface area (Å²) in [4.78, 5) is 12.6. The zero-order chi connectivity index (χ0) is 20.3. The monoisotopic (exact) mass is 442 g/mol. The fraction of sp³-hybridized carbons (Fsp3) is 0.143.